The molecule has 1 aromatic rings. The number of anilines is 2. The van der Waals surface area contributed by atoms with Gasteiger partial charge < -0.3 is 15.7 Å². The van der Waals surface area contributed by atoms with Gasteiger partial charge in [-0.2, -0.15) is 0 Å². The van der Waals surface area contributed by atoms with Gasteiger partial charge in [0.25, 0.3) is 0 Å². The number of carbonyl (C=O) groups is 2. The number of hydrogen-bond donors (Lipinski definition) is 2. The summed E-state index contributed by atoms with van der Waals surface area (Å²) in [4.78, 5) is 24.6. The van der Waals surface area contributed by atoms with Crippen LogP contribution in [0, 0.1) is 5.41 Å². The molecule has 0 aliphatic carbocycles. The number of nitrogens with two attached hydrogens (primary N) is 1. The van der Waals surface area contributed by atoms with Crippen LogP contribution in [0.3, 0.4) is 0 Å². The highest BCUT2D eigenvalue weighted by Crippen LogP contribution is 2.29. The molecule has 1 amide bonds. The molecule has 0 atom stereocenters. The molecule has 0 heterocycles. The van der Waals surface area contributed by atoms with E-state index >= 15 is 0 Å². The third kappa shape index (κ3) is 3.05. The van der Waals surface area contributed by atoms with E-state index in [0.29, 0.717) is 12.1 Å². The average molecular weight is 264 g/mol. The van der Waals surface area contributed by atoms with Crippen molar-refractivity contribution in [3.05, 3.63) is 23.8 Å². The number of rotatable bonds is 4. The van der Waals surface area contributed by atoms with Gasteiger partial charge in [0.1, 0.15) is 0 Å². The van der Waals surface area contributed by atoms with Crippen molar-refractivity contribution in [2.45, 2.75) is 27.2 Å². The lowest BCUT2D eigenvalue weighted by atomic mass is 9.88. The van der Waals surface area contributed by atoms with Crippen molar-refractivity contribution in [1.82, 2.24) is 0 Å². The van der Waals surface area contributed by atoms with Crippen molar-refractivity contribution in [3.8, 4) is 0 Å². The summed E-state index contributed by atoms with van der Waals surface area (Å²) in [6, 6.07) is 4.36. The average Bonchev–Trinajstić information content (AvgIpc) is 2.36. The zero-order valence-corrected chi connectivity index (χ0v) is 11.7. The van der Waals surface area contributed by atoms with E-state index in [1.807, 2.05) is 20.8 Å². The molecule has 0 bridgehead atoms. The first-order valence-corrected chi connectivity index (χ1v) is 6.11. The summed E-state index contributed by atoms with van der Waals surface area (Å²) < 4.78 is 0. The second-order valence-corrected chi connectivity index (χ2v) is 5.18. The van der Waals surface area contributed by atoms with E-state index in [0.717, 1.165) is 0 Å². The molecule has 0 aliphatic rings. The number of amides is 1. The lowest BCUT2D eigenvalue weighted by Crippen LogP contribution is -2.38. The predicted octanol–water partition coefficient (Wildman–Crippen LogP) is 2.37. The van der Waals surface area contributed by atoms with Crippen LogP contribution in [0.5, 0.6) is 0 Å². The van der Waals surface area contributed by atoms with E-state index in [1.165, 1.54) is 17.0 Å². The molecule has 0 saturated carbocycles. The summed E-state index contributed by atoms with van der Waals surface area (Å²) in [5, 5.41) is 8.88. The summed E-state index contributed by atoms with van der Waals surface area (Å²) in [7, 11) is 1.64. The van der Waals surface area contributed by atoms with E-state index in [4.69, 9.17) is 10.8 Å². The molecule has 19 heavy (non-hydrogen) atoms. The minimum atomic E-state index is -1.04. The zero-order chi connectivity index (χ0) is 14.8. The van der Waals surface area contributed by atoms with Crippen molar-refractivity contribution in [2.75, 3.05) is 17.7 Å². The number of aromatic carboxylic acids is 1. The van der Waals surface area contributed by atoms with Crippen LogP contribution in [-0.2, 0) is 4.79 Å². The molecular formula is C14H20N2O3. The van der Waals surface area contributed by atoms with Crippen molar-refractivity contribution < 1.29 is 14.7 Å². The Morgan fingerprint density at radius 2 is 1.95 bits per heavy atom. The molecule has 0 aromatic heterocycles. The molecule has 0 spiro atoms. The molecule has 0 unspecified atom stereocenters. The van der Waals surface area contributed by atoms with Gasteiger partial charge in [-0.25, -0.2) is 4.79 Å². The maximum Gasteiger partial charge on any atom is 0.335 e. The lowest BCUT2D eigenvalue weighted by Gasteiger charge is -2.29. The van der Waals surface area contributed by atoms with Gasteiger partial charge >= 0.3 is 5.97 Å². The van der Waals surface area contributed by atoms with Crippen LogP contribution in [-0.4, -0.2) is 24.0 Å². The number of carboxylic acids is 1. The van der Waals surface area contributed by atoms with Gasteiger partial charge in [0, 0.05) is 12.5 Å². The van der Waals surface area contributed by atoms with Crippen LogP contribution >= 0.6 is 0 Å². The zero-order valence-electron chi connectivity index (χ0n) is 11.7. The van der Waals surface area contributed by atoms with Crippen LogP contribution in [0.15, 0.2) is 18.2 Å². The molecule has 0 fully saturated rings. The fraction of sp³-hybridized carbons (Fsp3) is 0.429. The largest absolute Gasteiger partial charge is 0.478 e. The highest BCUT2D eigenvalue weighted by Gasteiger charge is 2.29. The summed E-state index contributed by atoms with van der Waals surface area (Å²) >= 11 is 0. The van der Waals surface area contributed by atoms with E-state index in [1.54, 1.807) is 13.1 Å². The number of carbonyl (C=O) groups excluding carboxylic acids is 1. The molecule has 5 heteroatoms. The van der Waals surface area contributed by atoms with Gasteiger partial charge in [-0.05, 0) is 24.6 Å². The van der Waals surface area contributed by atoms with Crippen molar-refractivity contribution in [3.63, 3.8) is 0 Å². The molecule has 3 N–H and O–H groups in total. The Kier molecular flexibility index (Phi) is 4.19. The Morgan fingerprint density at radius 1 is 1.37 bits per heavy atom. The van der Waals surface area contributed by atoms with E-state index in [-0.39, 0.29) is 17.2 Å². The maximum atomic E-state index is 12.3. The molecule has 0 aliphatic heterocycles. The Morgan fingerprint density at radius 3 is 2.37 bits per heavy atom. The van der Waals surface area contributed by atoms with E-state index in [9.17, 15) is 9.59 Å². The number of nitrogens with zero attached hydrogens (tertiary/aromatic N) is 1. The number of nitrogen functional groups attached to an aromatic ring is 1. The fourth-order valence-corrected chi connectivity index (χ4v) is 1.71. The number of carboxylic acid groups (broad SMARTS) is 1. The topological polar surface area (TPSA) is 83.6 Å². The standard InChI is InChI=1S/C14H20N2O3/c1-5-14(2,3)13(19)16(4)11-7-6-9(12(17)18)8-10(11)15/h6-8H,5,15H2,1-4H3,(H,17,18). The van der Waals surface area contributed by atoms with Crippen LogP contribution < -0.4 is 10.6 Å². The van der Waals surface area contributed by atoms with Gasteiger partial charge in [0.05, 0.1) is 16.9 Å². The highest BCUT2D eigenvalue weighted by molar-refractivity contribution is 6.00. The van der Waals surface area contributed by atoms with Gasteiger partial charge in [0.15, 0.2) is 0 Å². The normalized spacial score (nSPS) is 11.2. The van der Waals surface area contributed by atoms with Crippen LogP contribution in [0.25, 0.3) is 0 Å². The molecule has 104 valence electrons. The van der Waals surface area contributed by atoms with E-state index in [2.05, 4.69) is 0 Å². The molecule has 0 radical (unpaired) electrons. The quantitative estimate of drug-likeness (QED) is 0.818. The number of hydrogen-bond acceptors (Lipinski definition) is 3. The van der Waals surface area contributed by atoms with Crippen molar-refractivity contribution in [1.29, 1.82) is 0 Å². The second kappa shape index (κ2) is 5.30. The minimum absolute atomic E-state index is 0.0511. The van der Waals surface area contributed by atoms with Crippen molar-refractivity contribution in [2.24, 2.45) is 5.41 Å². The molecular weight excluding hydrogens is 244 g/mol. The Balaban J connectivity index is 3.11. The van der Waals surface area contributed by atoms with Gasteiger partial charge in [-0.15, -0.1) is 0 Å². The number of benzene rings is 1. The van der Waals surface area contributed by atoms with E-state index < -0.39 is 11.4 Å². The van der Waals surface area contributed by atoms with Crippen LogP contribution in [0.2, 0.25) is 0 Å². The highest BCUT2D eigenvalue weighted by atomic mass is 16.4. The smallest absolute Gasteiger partial charge is 0.335 e. The SMILES string of the molecule is CCC(C)(C)C(=O)N(C)c1ccc(C(=O)O)cc1N. The third-order valence-electron chi connectivity index (χ3n) is 3.40. The summed E-state index contributed by atoms with van der Waals surface area (Å²) in [5.74, 6) is -1.09. The fourth-order valence-electron chi connectivity index (χ4n) is 1.71. The second-order valence-electron chi connectivity index (χ2n) is 5.18. The maximum absolute atomic E-state index is 12.3. The first kappa shape index (κ1) is 15.0. The van der Waals surface area contributed by atoms with Crippen molar-refractivity contribution >= 4 is 23.3 Å². The molecule has 5 nitrogen and oxygen atoms in total. The first-order chi connectivity index (χ1) is 8.70. The Hall–Kier alpha value is -2.04. The Bertz CT molecular complexity index is 509. The van der Waals surface area contributed by atoms with Crippen LogP contribution in [0.4, 0.5) is 11.4 Å². The summed E-state index contributed by atoms with van der Waals surface area (Å²) in [6.45, 7) is 5.68. The summed E-state index contributed by atoms with van der Waals surface area (Å²) in [5.41, 5.74) is 6.26. The molecule has 1 rings (SSSR count). The summed E-state index contributed by atoms with van der Waals surface area (Å²) in [6.07, 6.45) is 0.712. The third-order valence-corrected chi connectivity index (χ3v) is 3.40. The van der Waals surface area contributed by atoms with Gasteiger partial charge in [0.2, 0.25) is 5.91 Å². The molecule has 0 saturated heterocycles. The first-order valence-electron chi connectivity index (χ1n) is 6.11. The lowest BCUT2D eigenvalue weighted by molar-refractivity contribution is -0.126. The molecule has 1 aromatic carbocycles. The van der Waals surface area contributed by atoms with Gasteiger partial charge in [-0.1, -0.05) is 20.8 Å². The van der Waals surface area contributed by atoms with Crippen LogP contribution in [0.1, 0.15) is 37.6 Å². The predicted molar refractivity (Wildman–Crippen MR) is 75.3 cm³/mol. The Labute approximate surface area is 113 Å². The van der Waals surface area contributed by atoms with Gasteiger partial charge in [-0.3, -0.25) is 4.79 Å². The monoisotopic (exact) mass is 264 g/mol. The minimum Gasteiger partial charge on any atom is -0.478 e.